The Labute approximate surface area is 99.0 Å². The van der Waals surface area contributed by atoms with Gasteiger partial charge in [-0.1, -0.05) is 0 Å². The summed E-state index contributed by atoms with van der Waals surface area (Å²) < 4.78 is 66.7. The van der Waals surface area contributed by atoms with E-state index in [0.29, 0.717) is 0 Å². The highest BCUT2D eigenvalue weighted by atomic mass is 19.4. The maximum Gasteiger partial charge on any atom is 0.501 e. The minimum Gasteiger partial charge on any atom is -0.469 e. The predicted octanol–water partition coefficient (Wildman–Crippen LogP) is 2.42. The summed E-state index contributed by atoms with van der Waals surface area (Å²) in [7, 11) is 1.14. The second kappa shape index (κ2) is 6.50. The molecule has 0 amide bonds. The van der Waals surface area contributed by atoms with Crippen LogP contribution in [0.4, 0.5) is 22.0 Å². The van der Waals surface area contributed by atoms with E-state index in [9.17, 15) is 31.5 Å². The van der Waals surface area contributed by atoms with Crippen LogP contribution < -0.4 is 0 Å². The lowest BCUT2D eigenvalue weighted by Crippen LogP contribution is -2.40. The van der Waals surface area contributed by atoms with E-state index in [4.69, 9.17) is 0 Å². The topological polar surface area (TPSA) is 52.6 Å². The number of rotatable bonds is 6. The van der Waals surface area contributed by atoms with E-state index in [0.717, 1.165) is 7.11 Å². The van der Waals surface area contributed by atoms with Crippen molar-refractivity contribution in [3.05, 3.63) is 0 Å². The second-order valence-electron chi connectivity index (χ2n) is 3.27. The Morgan fingerprint density at radius 1 is 0.944 bits per heavy atom. The third-order valence-corrected chi connectivity index (χ3v) is 1.81. The van der Waals surface area contributed by atoms with Crippen LogP contribution in [0.1, 0.15) is 25.7 Å². The van der Waals surface area contributed by atoms with Crippen molar-refractivity contribution in [2.24, 2.45) is 0 Å². The molecule has 0 aromatic heterocycles. The van der Waals surface area contributed by atoms with Crippen LogP contribution >= 0.6 is 0 Å². The lowest BCUT2D eigenvalue weighted by Gasteiger charge is -2.18. The molecule has 0 aromatic carbocycles. The average Bonchev–Trinajstić information content (AvgIpc) is 2.21. The van der Waals surface area contributed by atoms with Crippen molar-refractivity contribution in [3.8, 4) is 0 Å². The molecule has 0 radical (unpaired) electrons. The average molecular weight is 278 g/mol. The molecule has 0 unspecified atom stereocenters. The Bertz CT molecular complexity index is 300. The number of hydrogen-bond acceptors (Lipinski definition) is 4. The fraction of sp³-hybridized carbons (Fsp3) is 0.778. The molecule has 0 aromatic rings. The van der Waals surface area contributed by atoms with Gasteiger partial charge in [0, 0.05) is 12.8 Å². The van der Waals surface area contributed by atoms with Crippen LogP contribution in [-0.4, -0.2) is 31.3 Å². The van der Waals surface area contributed by atoms with E-state index in [2.05, 4.69) is 9.47 Å². The summed E-state index contributed by atoms with van der Waals surface area (Å²) in [6.45, 7) is 0. The second-order valence-corrected chi connectivity index (χ2v) is 3.27. The third-order valence-electron chi connectivity index (χ3n) is 1.81. The summed E-state index contributed by atoms with van der Waals surface area (Å²) in [4.78, 5) is 21.3. The summed E-state index contributed by atoms with van der Waals surface area (Å²) in [5.74, 6) is -2.24. The van der Waals surface area contributed by atoms with Gasteiger partial charge in [-0.15, -0.1) is 0 Å². The summed E-state index contributed by atoms with van der Waals surface area (Å²) in [6.07, 6.45) is -12.1. The van der Waals surface area contributed by atoms with Crippen LogP contribution in [0.15, 0.2) is 0 Å². The number of unbranched alkanes of at least 4 members (excludes halogenated alkanes) is 1. The Kier molecular flexibility index (Phi) is 5.99. The van der Waals surface area contributed by atoms with E-state index in [-0.39, 0.29) is 19.3 Å². The number of hydrogen-bond donors (Lipinski definition) is 0. The van der Waals surface area contributed by atoms with Crippen molar-refractivity contribution in [2.45, 2.75) is 38.0 Å². The van der Waals surface area contributed by atoms with Gasteiger partial charge in [-0.25, -0.2) is 0 Å². The highest BCUT2D eigenvalue weighted by molar-refractivity contribution is 5.70. The zero-order valence-electron chi connectivity index (χ0n) is 9.35. The molecule has 0 aliphatic carbocycles. The predicted molar refractivity (Wildman–Crippen MR) is 47.6 cm³/mol. The quantitative estimate of drug-likeness (QED) is 0.425. The van der Waals surface area contributed by atoms with Crippen LogP contribution in [0.5, 0.6) is 0 Å². The van der Waals surface area contributed by atoms with Gasteiger partial charge < -0.3 is 9.47 Å². The minimum atomic E-state index is -5.94. The summed E-state index contributed by atoms with van der Waals surface area (Å²) in [5.41, 5.74) is 0. The zero-order valence-corrected chi connectivity index (χ0v) is 9.35. The fourth-order valence-electron chi connectivity index (χ4n) is 0.893. The van der Waals surface area contributed by atoms with E-state index in [1.807, 2.05) is 0 Å². The molecule has 0 heterocycles. The lowest BCUT2D eigenvalue weighted by molar-refractivity contribution is -0.376. The molecule has 0 aliphatic rings. The molecule has 0 bridgehead atoms. The smallest absolute Gasteiger partial charge is 0.469 e. The Hall–Kier alpha value is -1.41. The van der Waals surface area contributed by atoms with Gasteiger partial charge >= 0.3 is 24.2 Å². The largest absolute Gasteiger partial charge is 0.501 e. The number of esters is 2. The molecular weight excluding hydrogens is 267 g/mol. The Balaban J connectivity index is 3.96. The number of halogens is 5. The maximum atomic E-state index is 12.2. The molecule has 4 nitrogen and oxygen atoms in total. The molecule has 0 atom stereocenters. The van der Waals surface area contributed by atoms with Crippen LogP contribution in [0.25, 0.3) is 0 Å². The Morgan fingerprint density at radius 3 is 1.78 bits per heavy atom. The number of methoxy groups -OCH3 is 1. The van der Waals surface area contributed by atoms with Crippen molar-refractivity contribution in [2.75, 3.05) is 7.11 Å². The van der Waals surface area contributed by atoms with E-state index in [1.54, 1.807) is 0 Å². The van der Waals surface area contributed by atoms with Crippen molar-refractivity contribution >= 4 is 11.9 Å². The molecule has 0 fully saturated rings. The molecule has 0 saturated heterocycles. The van der Waals surface area contributed by atoms with Crippen LogP contribution in [-0.2, 0) is 19.1 Å². The van der Waals surface area contributed by atoms with Gasteiger partial charge in [0.2, 0.25) is 0 Å². The van der Waals surface area contributed by atoms with Crippen molar-refractivity contribution in [1.82, 2.24) is 0 Å². The zero-order chi connectivity index (χ0) is 14.4. The molecule has 9 heteroatoms. The monoisotopic (exact) mass is 278 g/mol. The highest BCUT2D eigenvalue weighted by Crippen LogP contribution is 2.36. The maximum absolute atomic E-state index is 12.2. The number of carbonyl (C=O) groups excluding carboxylic acids is 2. The van der Waals surface area contributed by atoms with Crippen molar-refractivity contribution < 1.29 is 41.0 Å². The molecule has 0 rings (SSSR count). The summed E-state index contributed by atoms with van der Waals surface area (Å²) >= 11 is 0. The first kappa shape index (κ1) is 16.6. The highest BCUT2D eigenvalue weighted by Gasteiger charge is 2.61. The van der Waals surface area contributed by atoms with Gasteiger partial charge in [-0.2, -0.15) is 22.0 Å². The van der Waals surface area contributed by atoms with E-state index in [1.165, 1.54) is 0 Å². The first-order valence-corrected chi connectivity index (χ1v) is 4.83. The number of alkyl halides is 5. The Morgan fingerprint density at radius 2 is 1.39 bits per heavy atom. The molecule has 0 aliphatic heterocycles. The molecule has 106 valence electrons. The normalized spacial score (nSPS) is 12.1. The van der Waals surface area contributed by atoms with E-state index < -0.39 is 30.6 Å². The fourth-order valence-corrected chi connectivity index (χ4v) is 0.893. The van der Waals surface area contributed by atoms with Crippen LogP contribution in [0, 0.1) is 0 Å². The lowest BCUT2D eigenvalue weighted by atomic mass is 10.2. The molecule has 0 saturated carbocycles. The summed E-state index contributed by atoms with van der Waals surface area (Å²) in [6, 6.07) is 0. The standard InChI is InChI=1S/C9H11F5O4/c1-17-6(15)4-2-3-5-7(16)18-9(13,14)8(10,11)12/h2-5H2,1H3. The molecule has 18 heavy (non-hydrogen) atoms. The van der Waals surface area contributed by atoms with Gasteiger partial charge in [-0.3, -0.25) is 9.59 Å². The van der Waals surface area contributed by atoms with Gasteiger partial charge in [0.05, 0.1) is 7.11 Å². The van der Waals surface area contributed by atoms with Crippen molar-refractivity contribution in [1.29, 1.82) is 0 Å². The number of ether oxygens (including phenoxy) is 2. The van der Waals surface area contributed by atoms with Gasteiger partial charge in [0.15, 0.2) is 0 Å². The molecular formula is C9H11F5O4. The first-order valence-electron chi connectivity index (χ1n) is 4.83. The van der Waals surface area contributed by atoms with Crippen LogP contribution in [0.3, 0.4) is 0 Å². The molecule has 0 N–H and O–H groups in total. The molecule has 0 spiro atoms. The van der Waals surface area contributed by atoms with Gasteiger partial charge in [-0.05, 0) is 12.8 Å². The SMILES string of the molecule is COC(=O)CCCCC(=O)OC(F)(F)C(F)(F)F. The summed E-state index contributed by atoms with van der Waals surface area (Å²) in [5, 5.41) is 0. The van der Waals surface area contributed by atoms with Gasteiger partial charge in [0.1, 0.15) is 0 Å². The third kappa shape index (κ3) is 5.78. The van der Waals surface area contributed by atoms with Crippen LogP contribution in [0.2, 0.25) is 0 Å². The van der Waals surface area contributed by atoms with Crippen molar-refractivity contribution in [3.63, 3.8) is 0 Å². The number of carbonyl (C=O) groups is 2. The first-order chi connectivity index (χ1) is 8.10. The van der Waals surface area contributed by atoms with E-state index >= 15 is 0 Å². The minimum absolute atomic E-state index is 0.0537. The van der Waals surface area contributed by atoms with Gasteiger partial charge in [0.25, 0.3) is 0 Å².